The average molecular weight is 843 g/mol. The van der Waals surface area contributed by atoms with Crippen LogP contribution in [0.15, 0.2) is 117 Å². The molecule has 0 saturated carbocycles. The van der Waals surface area contributed by atoms with Gasteiger partial charge < -0.3 is 20.8 Å². The topological polar surface area (TPSA) is 283 Å². The molecule has 6 aromatic rings. The molecular formula is C35H30N4O13S4. The van der Waals surface area contributed by atoms with Gasteiger partial charge in [0.2, 0.25) is 0 Å². The molecule has 2 amide bonds. The summed E-state index contributed by atoms with van der Waals surface area (Å²) in [5.74, 6) is -1.57. The average Bonchev–Trinajstić information content (AvgIpc) is 3.08. The third-order valence-electron chi connectivity index (χ3n) is 8.50. The van der Waals surface area contributed by atoms with Crippen LogP contribution >= 0.6 is 0 Å². The van der Waals surface area contributed by atoms with Crippen LogP contribution in [0.25, 0.3) is 21.5 Å². The first-order valence-corrected chi connectivity index (χ1v) is 21.7. The van der Waals surface area contributed by atoms with E-state index in [4.69, 9.17) is 0 Å². The van der Waals surface area contributed by atoms with Crippen molar-refractivity contribution < 1.29 is 57.8 Å². The second-order valence-electron chi connectivity index (χ2n) is 12.3. The number of hydrogen-bond acceptors (Lipinski definition) is 13. The summed E-state index contributed by atoms with van der Waals surface area (Å²) in [6.07, 6.45) is 0. The van der Waals surface area contributed by atoms with Crippen LogP contribution in [0.3, 0.4) is 0 Å². The number of nitrogens with one attached hydrogen (secondary N) is 4. The molecule has 292 valence electrons. The Hall–Kier alpha value is -5.97. The summed E-state index contributed by atoms with van der Waals surface area (Å²) in [5.41, 5.74) is 1.48. The standard InChI is InChI=1S/C35H30N4O13S4/c1-19-11-13-21(15-27(19)36-29-17-31(40)33(55(47,48)49)25-9-5-3-7-23(25)29)53(43,44)38-35(42)39-54(45,46)22-14-12-20(2)28(16-22)37-30-18-32(41)34(56(50,51)52)26-10-6-4-8-24(26)30/h3-18,36-37,40-41H,1-2H3,(H2,38,39,42)(H,47,48,49)(H,50,51,52). The summed E-state index contributed by atoms with van der Waals surface area (Å²) in [5, 5.41) is 27.3. The number of carbonyl (C=O) groups is 1. The molecule has 0 saturated heterocycles. The first-order chi connectivity index (χ1) is 26.1. The highest BCUT2D eigenvalue weighted by Crippen LogP contribution is 2.40. The zero-order valence-electron chi connectivity index (χ0n) is 28.8. The number of amides is 2. The number of benzene rings is 6. The Morgan fingerprint density at radius 1 is 0.482 bits per heavy atom. The molecule has 6 aromatic carbocycles. The number of urea groups is 1. The first-order valence-electron chi connectivity index (χ1n) is 15.9. The Bertz CT molecular complexity index is 2880. The van der Waals surface area contributed by atoms with Crippen LogP contribution in [0.1, 0.15) is 11.1 Å². The highest BCUT2D eigenvalue weighted by atomic mass is 32.2. The van der Waals surface area contributed by atoms with Gasteiger partial charge in [0.15, 0.2) is 0 Å². The van der Waals surface area contributed by atoms with E-state index in [9.17, 15) is 57.8 Å². The summed E-state index contributed by atoms with van der Waals surface area (Å²) < 4.78 is 124. The van der Waals surface area contributed by atoms with Crippen molar-refractivity contribution in [2.45, 2.75) is 33.4 Å². The molecule has 0 spiro atoms. The second kappa shape index (κ2) is 14.3. The van der Waals surface area contributed by atoms with Gasteiger partial charge in [-0.2, -0.15) is 16.8 Å². The van der Waals surface area contributed by atoms with E-state index in [1.54, 1.807) is 35.4 Å². The lowest BCUT2D eigenvalue weighted by molar-refractivity contribution is 0.250. The quantitative estimate of drug-likeness (QED) is 0.0804. The third-order valence-corrected chi connectivity index (χ3v) is 13.0. The molecule has 0 unspecified atom stereocenters. The number of carbonyl (C=O) groups excluding carboxylic acids is 1. The smallest absolute Gasteiger partial charge is 0.342 e. The van der Waals surface area contributed by atoms with Crippen LogP contribution in [0, 0.1) is 13.8 Å². The molecule has 8 N–H and O–H groups in total. The van der Waals surface area contributed by atoms with E-state index < -0.39 is 77.4 Å². The van der Waals surface area contributed by atoms with Gasteiger partial charge in [-0.05, 0) is 49.2 Å². The Morgan fingerprint density at radius 2 is 0.821 bits per heavy atom. The number of phenols is 2. The molecule has 0 aromatic heterocycles. The van der Waals surface area contributed by atoms with Crippen LogP contribution in [0.2, 0.25) is 0 Å². The predicted molar refractivity (Wildman–Crippen MR) is 206 cm³/mol. The number of sulfonamides is 2. The van der Waals surface area contributed by atoms with Crippen LogP contribution in [0.4, 0.5) is 27.5 Å². The Labute approximate surface area is 320 Å². The molecule has 0 aliphatic heterocycles. The Morgan fingerprint density at radius 3 is 1.16 bits per heavy atom. The summed E-state index contributed by atoms with van der Waals surface area (Å²) in [4.78, 5) is 10.5. The molecule has 21 heteroatoms. The zero-order valence-corrected chi connectivity index (χ0v) is 32.1. The third kappa shape index (κ3) is 7.89. The van der Waals surface area contributed by atoms with E-state index in [-0.39, 0.29) is 44.3 Å². The SMILES string of the molecule is Cc1ccc(S(=O)(=O)NC(=O)NS(=O)(=O)c2ccc(C)c(Nc3cc(O)c(S(=O)(=O)O)c4ccccc34)c2)cc1Nc1cc(O)c(S(=O)(=O)O)c2ccccc12. The molecule has 6 rings (SSSR count). The Balaban J connectivity index is 1.24. The second-order valence-corrected chi connectivity index (χ2v) is 18.4. The van der Waals surface area contributed by atoms with Gasteiger partial charge in [0.25, 0.3) is 40.3 Å². The molecule has 56 heavy (non-hydrogen) atoms. The van der Waals surface area contributed by atoms with Gasteiger partial charge in [-0.25, -0.2) is 31.1 Å². The summed E-state index contributed by atoms with van der Waals surface area (Å²) in [7, 11) is -19.2. The van der Waals surface area contributed by atoms with Crippen LogP contribution in [-0.4, -0.2) is 59.0 Å². The number of rotatable bonds is 10. The first kappa shape index (κ1) is 39.7. The highest BCUT2D eigenvalue weighted by Gasteiger charge is 2.26. The maximum Gasteiger partial charge on any atom is 0.342 e. The molecule has 0 bridgehead atoms. The molecule has 17 nitrogen and oxygen atoms in total. The van der Waals surface area contributed by atoms with Gasteiger partial charge in [0.05, 0.1) is 21.2 Å². The normalized spacial score (nSPS) is 12.4. The number of hydrogen-bond donors (Lipinski definition) is 8. The van der Waals surface area contributed by atoms with Gasteiger partial charge >= 0.3 is 6.03 Å². The fourth-order valence-corrected chi connectivity index (χ4v) is 9.38. The largest absolute Gasteiger partial charge is 0.506 e. The van der Waals surface area contributed by atoms with Crippen molar-refractivity contribution in [3.63, 3.8) is 0 Å². The lowest BCUT2D eigenvalue weighted by Crippen LogP contribution is -2.42. The number of anilines is 4. The van der Waals surface area contributed by atoms with Crippen molar-refractivity contribution in [1.29, 1.82) is 0 Å². The highest BCUT2D eigenvalue weighted by molar-refractivity contribution is 7.91. The fourth-order valence-electron chi connectivity index (χ4n) is 5.90. The van der Waals surface area contributed by atoms with Crippen LogP contribution in [0.5, 0.6) is 11.5 Å². The molecule has 0 aliphatic carbocycles. The monoisotopic (exact) mass is 842 g/mol. The summed E-state index contributed by atoms with van der Waals surface area (Å²) in [6.45, 7) is 3.20. The van der Waals surface area contributed by atoms with Gasteiger partial charge in [-0.3, -0.25) is 9.11 Å². The van der Waals surface area contributed by atoms with Crippen molar-refractivity contribution >= 4 is 90.6 Å². The van der Waals surface area contributed by atoms with Crippen molar-refractivity contribution in [3.05, 3.63) is 108 Å². The maximum atomic E-state index is 13.3. The van der Waals surface area contributed by atoms with Crippen molar-refractivity contribution in [3.8, 4) is 11.5 Å². The van der Waals surface area contributed by atoms with Gasteiger partial charge in [0, 0.05) is 45.1 Å². The minimum absolute atomic E-state index is 0.0305. The van der Waals surface area contributed by atoms with Crippen LogP contribution in [-0.2, 0) is 40.3 Å². The lowest BCUT2D eigenvalue weighted by atomic mass is 10.1. The minimum Gasteiger partial charge on any atom is -0.506 e. The summed E-state index contributed by atoms with van der Waals surface area (Å²) >= 11 is 0. The maximum absolute atomic E-state index is 13.3. The van der Waals surface area contributed by atoms with E-state index in [1.807, 2.05) is 0 Å². The number of fused-ring (bicyclic) bond motifs is 2. The summed E-state index contributed by atoms with van der Waals surface area (Å²) in [6, 6.07) is 19.5. The number of phenolic OH excluding ortho intramolecular Hbond substituents is 2. The zero-order chi connectivity index (χ0) is 41.0. The van der Waals surface area contributed by atoms with Crippen molar-refractivity contribution in [2.75, 3.05) is 10.6 Å². The number of aromatic hydroxyl groups is 2. The molecule has 0 atom stereocenters. The van der Waals surface area contributed by atoms with Gasteiger partial charge in [-0.15, -0.1) is 0 Å². The van der Waals surface area contributed by atoms with Crippen LogP contribution < -0.4 is 20.1 Å². The molecule has 0 radical (unpaired) electrons. The molecule has 0 heterocycles. The lowest BCUT2D eigenvalue weighted by Gasteiger charge is -2.17. The van der Waals surface area contributed by atoms with E-state index >= 15 is 0 Å². The predicted octanol–water partition coefficient (Wildman–Crippen LogP) is 5.38. The van der Waals surface area contributed by atoms with Crippen molar-refractivity contribution in [1.82, 2.24) is 9.44 Å². The number of aryl methyl sites for hydroxylation is 2. The fraction of sp³-hybridized carbons (Fsp3) is 0.0571. The van der Waals surface area contributed by atoms with Gasteiger partial charge in [-0.1, -0.05) is 60.7 Å². The van der Waals surface area contributed by atoms with Gasteiger partial charge in [0.1, 0.15) is 21.3 Å². The van der Waals surface area contributed by atoms with E-state index in [0.29, 0.717) is 11.1 Å². The van der Waals surface area contributed by atoms with E-state index in [1.165, 1.54) is 48.5 Å². The molecule has 0 aliphatic rings. The Kier molecular flexibility index (Phi) is 10.1. The van der Waals surface area contributed by atoms with E-state index in [2.05, 4.69) is 10.6 Å². The molecule has 0 fully saturated rings. The van der Waals surface area contributed by atoms with Crippen molar-refractivity contribution in [2.24, 2.45) is 0 Å². The minimum atomic E-state index is -4.84. The van der Waals surface area contributed by atoms with E-state index in [0.717, 1.165) is 36.4 Å². The molecular weight excluding hydrogens is 813 g/mol.